The predicted octanol–water partition coefficient (Wildman–Crippen LogP) is 3.08. The molecule has 2 N–H and O–H groups in total. The largest absolute Gasteiger partial charge is 0.480 e. The highest BCUT2D eigenvalue weighted by Crippen LogP contribution is 2.68. The van der Waals surface area contributed by atoms with Crippen LogP contribution in [0.15, 0.2) is 27.3 Å². The molecule has 2 aliphatic carbocycles. The van der Waals surface area contributed by atoms with Gasteiger partial charge in [-0.15, -0.1) is 23.1 Å². The van der Waals surface area contributed by atoms with Crippen LogP contribution in [0.4, 0.5) is 0 Å². The Morgan fingerprint density at radius 3 is 2.53 bits per heavy atom. The van der Waals surface area contributed by atoms with E-state index < -0.39 is 23.8 Å². The number of carboxylic acids is 1. The van der Waals surface area contributed by atoms with E-state index in [0.717, 1.165) is 21.2 Å². The fourth-order valence-corrected chi connectivity index (χ4v) is 10.6. The van der Waals surface area contributed by atoms with Crippen LogP contribution in [0.25, 0.3) is 0 Å². The van der Waals surface area contributed by atoms with E-state index in [1.165, 1.54) is 16.2 Å². The van der Waals surface area contributed by atoms with Gasteiger partial charge in [0.15, 0.2) is 0 Å². The molecule has 3 fully saturated rings. The van der Waals surface area contributed by atoms with Crippen molar-refractivity contribution in [1.29, 1.82) is 0 Å². The van der Waals surface area contributed by atoms with E-state index in [-0.39, 0.29) is 51.5 Å². The minimum Gasteiger partial charge on any atom is -0.480 e. The summed E-state index contributed by atoms with van der Waals surface area (Å²) < 4.78 is 0. The van der Waals surface area contributed by atoms with Crippen LogP contribution < -0.4 is 4.87 Å². The maximum absolute atomic E-state index is 13.5. The van der Waals surface area contributed by atoms with E-state index in [1.807, 2.05) is 11.4 Å². The van der Waals surface area contributed by atoms with E-state index in [9.17, 15) is 24.3 Å². The molecule has 6 rings (SSSR count). The van der Waals surface area contributed by atoms with Crippen LogP contribution in [-0.4, -0.2) is 44.1 Å². The SMILES string of the molecule is CC(C)[C@H](C(=O)O)N1C(=O)[C@@H]2[C@H]3C[C@@H]([C@@H]2C1=O)[C@@H]1[C@@H](c2cccs2)c2sc(=O)[nH]c2S[C@H]31. The third kappa shape index (κ3) is 2.60. The quantitative estimate of drug-likeness (QED) is 0.638. The van der Waals surface area contributed by atoms with Crippen LogP contribution in [0, 0.1) is 35.5 Å². The summed E-state index contributed by atoms with van der Waals surface area (Å²) in [5.41, 5.74) is 0. The Morgan fingerprint density at radius 1 is 1.19 bits per heavy atom. The number of nitrogens with zero attached hydrogens (tertiary/aromatic N) is 1. The molecule has 0 unspecified atom stereocenters. The minimum absolute atomic E-state index is 0.0158. The lowest BCUT2D eigenvalue weighted by Crippen LogP contribution is -2.49. The molecule has 2 aromatic rings. The van der Waals surface area contributed by atoms with Gasteiger partial charge in [0.1, 0.15) is 6.04 Å². The summed E-state index contributed by atoms with van der Waals surface area (Å²) in [6.07, 6.45) is 0.809. The Bertz CT molecular complexity index is 1180. The summed E-state index contributed by atoms with van der Waals surface area (Å²) in [7, 11) is 0. The highest BCUT2D eigenvalue weighted by atomic mass is 32.2. The Hall–Kier alpha value is -1.91. The number of amides is 2. The normalized spacial score (nSPS) is 35.8. The molecule has 168 valence electrons. The number of fused-ring (bicyclic) bond motifs is 9. The average Bonchev–Trinajstić information content (AvgIpc) is 3.51. The number of thiazole rings is 1. The maximum Gasteiger partial charge on any atom is 0.327 e. The van der Waals surface area contributed by atoms with Gasteiger partial charge in [-0.3, -0.25) is 19.3 Å². The highest BCUT2D eigenvalue weighted by Gasteiger charge is 2.70. The first kappa shape index (κ1) is 20.7. The molecular formula is C22H22N2O5S3. The lowest BCUT2D eigenvalue weighted by atomic mass is 9.69. The van der Waals surface area contributed by atoms with Crippen molar-refractivity contribution in [1.82, 2.24) is 9.88 Å². The Balaban J connectivity index is 1.43. The molecular weight excluding hydrogens is 468 g/mol. The van der Waals surface area contributed by atoms with Crippen LogP contribution >= 0.6 is 34.4 Å². The number of thiophene rings is 1. The number of likely N-dealkylation sites (tertiary alicyclic amines) is 1. The van der Waals surface area contributed by atoms with E-state index >= 15 is 0 Å². The second-order valence-corrected chi connectivity index (χ2v) is 12.7. The summed E-state index contributed by atoms with van der Waals surface area (Å²) in [6.45, 7) is 3.47. The van der Waals surface area contributed by atoms with E-state index in [4.69, 9.17) is 0 Å². The maximum atomic E-state index is 13.5. The van der Waals surface area contributed by atoms with Crippen LogP contribution in [0.1, 0.15) is 35.9 Å². The first-order valence-electron chi connectivity index (χ1n) is 10.8. The van der Waals surface area contributed by atoms with Crippen molar-refractivity contribution < 1.29 is 19.5 Å². The van der Waals surface area contributed by atoms with Gasteiger partial charge in [-0.25, -0.2) is 4.79 Å². The highest BCUT2D eigenvalue weighted by molar-refractivity contribution is 8.00. The lowest BCUT2D eigenvalue weighted by Gasteiger charge is -2.42. The number of hydrogen-bond donors (Lipinski definition) is 2. The molecule has 32 heavy (non-hydrogen) atoms. The molecule has 2 aromatic heterocycles. The number of nitrogens with one attached hydrogen (secondary N) is 1. The zero-order valence-electron chi connectivity index (χ0n) is 17.4. The van der Waals surface area contributed by atoms with Crippen LogP contribution in [-0.2, 0) is 14.4 Å². The number of imide groups is 1. The number of aromatic amines is 1. The summed E-state index contributed by atoms with van der Waals surface area (Å²) in [5, 5.41) is 12.8. The molecule has 2 aliphatic heterocycles. The fraction of sp³-hybridized carbons (Fsp3) is 0.545. The molecule has 7 nitrogen and oxygen atoms in total. The van der Waals surface area contributed by atoms with Crippen molar-refractivity contribution in [2.45, 2.75) is 42.5 Å². The topological polar surface area (TPSA) is 108 Å². The first-order valence-corrected chi connectivity index (χ1v) is 13.4. The molecule has 4 heterocycles. The lowest BCUT2D eigenvalue weighted by molar-refractivity contribution is -0.157. The molecule has 2 saturated carbocycles. The van der Waals surface area contributed by atoms with E-state index in [0.29, 0.717) is 0 Å². The third-order valence-corrected chi connectivity index (χ3v) is 11.3. The molecule has 2 bridgehead atoms. The van der Waals surface area contributed by atoms with Crippen LogP contribution in [0.3, 0.4) is 0 Å². The molecule has 0 aromatic carbocycles. The molecule has 8 atom stereocenters. The number of carbonyl (C=O) groups is 3. The Morgan fingerprint density at radius 2 is 1.91 bits per heavy atom. The van der Waals surface area contributed by atoms with Crippen molar-refractivity contribution in [3.8, 4) is 0 Å². The summed E-state index contributed by atoms with van der Waals surface area (Å²) in [6, 6.07) is 2.97. The monoisotopic (exact) mass is 490 g/mol. The standard InChI is InChI=1S/C22H22N2O5S3/c1-7(2)15(21(27)28)24-19(25)12-8-6-9(13(12)20(24)26)16-11(8)14(10-4-3-5-30-10)17-18(31-16)23-22(29)32-17/h3-5,7-9,11-16H,6H2,1-2H3,(H,23,29)(H,27,28)/t8-,9-,11-,12+,13-,14-,15-,16-/m1/s1. The number of H-pyrrole nitrogens is 1. The zero-order chi connectivity index (χ0) is 22.5. The van der Waals surface area contributed by atoms with Crippen LogP contribution in [0.2, 0.25) is 0 Å². The number of thioether (sulfide) groups is 1. The average molecular weight is 491 g/mol. The number of aliphatic carboxylic acids is 1. The summed E-state index contributed by atoms with van der Waals surface area (Å²) in [4.78, 5) is 57.3. The number of hydrogen-bond acceptors (Lipinski definition) is 7. The molecule has 0 spiro atoms. The van der Waals surface area contributed by atoms with Gasteiger partial charge in [0, 0.05) is 20.9 Å². The molecule has 10 heteroatoms. The summed E-state index contributed by atoms with van der Waals surface area (Å²) >= 11 is 4.56. The molecule has 2 amide bonds. The van der Waals surface area contributed by atoms with Gasteiger partial charge in [-0.2, -0.15) is 0 Å². The van der Waals surface area contributed by atoms with Crippen molar-refractivity contribution in [3.63, 3.8) is 0 Å². The van der Waals surface area contributed by atoms with Gasteiger partial charge in [-0.05, 0) is 41.5 Å². The molecule has 1 saturated heterocycles. The second-order valence-electron chi connectivity index (χ2n) is 9.55. The Labute approximate surface area is 196 Å². The van der Waals surface area contributed by atoms with Crippen LogP contribution in [0.5, 0.6) is 0 Å². The van der Waals surface area contributed by atoms with Gasteiger partial charge in [0.05, 0.1) is 16.9 Å². The van der Waals surface area contributed by atoms with Crippen molar-refractivity contribution >= 4 is 52.2 Å². The number of rotatable bonds is 4. The van der Waals surface area contributed by atoms with Gasteiger partial charge in [-0.1, -0.05) is 31.3 Å². The van der Waals surface area contributed by atoms with Gasteiger partial charge < -0.3 is 10.1 Å². The smallest absolute Gasteiger partial charge is 0.327 e. The van der Waals surface area contributed by atoms with Crippen molar-refractivity contribution in [3.05, 3.63) is 36.9 Å². The first-order chi connectivity index (χ1) is 15.3. The third-order valence-electron chi connectivity index (χ3n) is 7.77. The van der Waals surface area contributed by atoms with E-state index in [1.54, 1.807) is 36.9 Å². The number of carboxylic acid groups (broad SMARTS) is 1. The van der Waals surface area contributed by atoms with E-state index in [2.05, 4.69) is 11.1 Å². The van der Waals surface area contributed by atoms with Crippen molar-refractivity contribution in [2.75, 3.05) is 0 Å². The Kier molecular flexibility index (Phi) is 4.55. The minimum atomic E-state index is -1.13. The summed E-state index contributed by atoms with van der Waals surface area (Å²) in [5.74, 6) is -2.78. The molecule has 0 radical (unpaired) electrons. The number of aromatic nitrogens is 1. The molecule has 4 aliphatic rings. The number of carbonyl (C=O) groups excluding carboxylic acids is 2. The van der Waals surface area contributed by atoms with Gasteiger partial charge in [0.25, 0.3) is 0 Å². The predicted molar refractivity (Wildman–Crippen MR) is 121 cm³/mol. The zero-order valence-corrected chi connectivity index (χ0v) is 19.8. The van der Waals surface area contributed by atoms with Gasteiger partial charge >= 0.3 is 10.8 Å². The van der Waals surface area contributed by atoms with Gasteiger partial charge in [0.2, 0.25) is 11.8 Å². The van der Waals surface area contributed by atoms with Crippen molar-refractivity contribution in [2.24, 2.45) is 35.5 Å². The second kappa shape index (κ2) is 7.04. The fourth-order valence-electron chi connectivity index (χ4n) is 6.79.